The van der Waals surface area contributed by atoms with E-state index in [9.17, 15) is 0 Å². The smallest absolute Gasteiger partial charge is 0.213 e. The van der Waals surface area contributed by atoms with E-state index >= 15 is 0 Å². The lowest BCUT2D eigenvalue weighted by Crippen LogP contribution is -2.08. The molecule has 0 aliphatic carbocycles. The van der Waals surface area contributed by atoms with Crippen LogP contribution in [0.3, 0.4) is 0 Å². The highest BCUT2D eigenvalue weighted by Gasteiger charge is 2.14. The quantitative estimate of drug-likeness (QED) is 0.653. The minimum absolute atomic E-state index is 0.203. The Morgan fingerprint density at radius 2 is 2.18 bits per heavy atom. The SMILES string of the molecule is CC(C)(C)Cc1ncc(Cl)o1. The van der Waals surface area contributed by atoms with E-state index in [4.69, 9.17) is 16.0 Å². The first-order valence-corrected chi connectivity index (χ1v) is 3.95. The van der Waals surface area contributed by atoms with Gasteiger partial charge in [0.15, 0.2) is 5.89 Å². The van der Waals surface area contributed by atoms with Gasteiger partial charge in [-0.15, -0.1) is 0 Å². The normalized spacial score (nSPS) is 12.0. The number of halogens is 1. The molecule has 1 heterocycles. The fourth-order valence-electron chi connectivity index (χ4n) is 0.823. The maximum atomic E-state index is 5.56. The van der Waals surface area contributed by atoms with Gasteiger partial charge in [0.05, 0.1) is 6.20 Å². The van der Waals surface area contributed by atoms with Crippen LogP contribution in [0.4, 0.5) is 0 Å². The van der Waals surface area contributed by atoms with Crippen molar-refractivity contribution in [2.75, 3.05) is 0 Å². The van der Waals surface area contributed by atoms with Crippen molar-refractivity contribution in [1.29, 1.82) is 0 Å². The van der Waals surface area contributed by atoms with Crippen molar-refractivity contribution in [2.45, 2.75) is 27.2 Å². The second-order valence-electron chi connectivity index (χ2n) is 3.80. The van der Waals surface area contributed by atoms with Crippen molar-refractivity contribution in [2.24, 2.45) is 5.41 Å². The van der Waals surface area contributed by atoms with E-state index in [1.165, 1.54) is 6.20 Å². The van der Waals surface area contributed by atoms with E-state index in [0.29, 0.717) is 11.1 Å². The van der Waals surface area contributed by atoms with Gasteiger partial charge in [0.1, 0.15) is 0 Å². The zero-order valence-electron chi connectivity index (χ0n) is 7.02. The molecule has 2 nitrogen and oxygen atoms in total. The molecule has 0 saturated heterocycles. The van der Waals surface area contributed by atoms with Crippen LogP contribution in [-0.2, 0) is 6.42 Å². The molecule has 0 aliphatic rings. The second kappa shape index (κ2) is 2.86. The summed E-state index contributed by atoms with van der Waals surface area (Å²) in [5, 5.41) is 0.365. The summed E-state index contributed by atoms with van der Waals surface area (Å²) < 4.78 is 5.11. The molecule has 0 fully saturated rings. The topological polar surface area (TPSA) is 26.0 Å². The van der Waals surface area contributed by atoms with Gasteiger partial charge in [-0.25, -0.2) is 4.98 Å². The van der Waals surface area contributed by atoms with Crippen molar-refractivity contribution in [1.82, 2.24) is 4.98 Å². The van der Waals surface area contributed by atoms with Crippen LogP contribution in [0.1, 0.15) is 26.7 Å². The zero-order valence-corrected chi connectivity index (χ0v) is 7.77. The first-order valence-electron chi connectivity index (χ1n) is 3.57. The Morgan fingerprint density at radius 3 is 2.55 bits per heavy atom. The molecular formula is C8H12ClNO. The Balaban J connectivity index is 2.65. The fraction of sp³-hybridized carbons (Fsp3) is 0.625. The minimum Gasteiger partial charge on any atom is -0.429 e. The maximum Gasteiger partial charge on any atom is 0.213 e. The molecule has 0 bridgehead atoms. The Labute approximate surface area is 71.6 Å². The summed E-state index contributed by atoms with van der Waals surface area (Å²) in [6, 6.07) is 0. The highest BCUT2D eigenvalue weighted by Crippen LogP contribution is 2.21. The number of oxazole rings is 1. The molecular weight excluding hydrogens is 162 g/mol. The average Bonchev–Trinajstić information content (AvgIpc) is 2.10. The van der Waals surface area contributed by atoms with Gasteiger partial charge in [0.2, 0.25) is 5.22 Å². The molecule has 1 rings (SSSR count). The summed E-state index contributed by atoms with van der Waals surface area (Å²) >= 11 is 5.56. The largest absolute Gasteiger partial charge is 0.429 e. The van der Waals surface area contributed by atoms with E-state index in [0.717, 1.165) is 6.42 Å². The molecule has 0 atom stereocenters. The van der Waals surface area contributed by atoms with Crippen LogP contribution in [0.15, 0.2) is 10.6 Å². The van der Waals surface area contributed by atoms with Crippen molar-refractivity contribution >= 4 is 11.6 Å². The van der Waals surface area contributed by atoms with Crippen LogP contribution in [0.25, 0.3) is 0 Å². The van der Waals surface area contributed by atoms with Gasteiger partial charge in [-0.05, 0) is 17.0 Å². The van der Waals surface area contributed by atoms with Crippen molar-refractivity contribution < 1.29 is 4.42 Å². The zero-order chi connectivity index (χ0) is 8.48. The number of aromatic nitrogens is 1. The van der Waals surface area contributed by atoms with Crippen LogP contribution in [0.2, 0.25) is 5.22 Å². The molecule has 62 valence electrons. The number of nitrogens with zero attached hydrogens (tertiary/aromatic N) is 1. The third-order valence-electron chi connectivity index (χ3n) is 1.21. The molecule has 0 spiro atoms. The molecule has 0 aromatic carbocycles. The van der Waals surface area contributed by atoms with Gasteiger partial charge in [0.25, 0.3) is 0 Å². The summed E-state index contributed by atoms with van der Waals surface area (Å²) in [6.07, 6.45) is 2.35. The van der Waals surface area contributed by atoms with E-state index < -0.39 is 0 Å². The van der Waals surface area contributed by atoms with Crippen LogP contribution in [0, 0.1) is 5.41 Å². The molecule has 0 radical (unpaired) electrons. The predicted molar refractivity (Wildman–Crippen MR) is 44.7 cm³/mol. The van der Waals surface area contributed by atoms with Gasteiger partial charge < -0.3 is 4.42 Å². The molecule has 0 aliphatic heterocycles. The molecule has 0 N–H and O–H groups in total. The Kier molecular flexibility index (Phi) is 2.23. The Hall–Kier alpha value is -0.500. The van der Waals surface area contributed by atoms with Crippen LogP contribution in [0.5, 0.6) is 0 Å². The van der Waals surface area contributed by atoms with Crippen molar-refractivity contribution in [3.05, 3.63) is 17.3 Å². The molecule has 0 saturated carbocycles. The molecule has 11 heavy (non-hydrogen) atoms. The van der Waals surface area contributed by atoms with Crippen LogP contribution >= 0.6 is 11.6 Å². The number of hydrogen-bond donors (Lipinski definition) is 0. The van der Waals surface area contributed by atoms with E-state index in [2.05, 4.69) is 25.8 Å². The second-order valence-corrected chi connectivity index (χ2v) is 4.17. The summed E-state index contributed by atoms with van der Waals surface area (Å²) in [4.78, 5) is 4.00. The van der Waals surface area contributed by atoms with Crippen molar-refractivity contribution in [3.63, 3.8) is 0 Å². The van der Waals surface area contributed by atoms with Gasteiger partial charge in [0, 0.05) is 6.42 Å². The van der Waals surface area contributed by atoms with E-state index in [1.54, 1.807) is 0 Å². The lowest BCUT2D eigenvalue weighted by Gasteiger charge is -2.14. The summed E-state index contributed by atoms with van der Waals surface area (Å²) in [5.41, 5.74) is 0.203. The summed E-state index contributed by atoms with van der Waals surface area (Å²) in [7, 11) is 0. The third kappa shape index (κ3) is 2.93. The third-order valence-corrected chi connectivity index (χ3v) is 1.38. The average molecular weight is 174 g/mol. The molecule has 1 aromatic rings. The Bertz CT molecular complexity index is 236. The highest BCUT2D eigenvalue weighted by molar-refractivity contribution is 6.28. The van der Waals surface area contributed by atoms with E-state index in [-0.39, 0.29) is 5.41 Å². The standard InChI is InChI=1S/C8H12ClNO/c1-8(2,3)4-7-10-5-6(9)11-7/h5H,4H2,1-3H3. The Morgan fingerprint density at radius 1 is 1.55 bits per heavy atom. The highest BCUT2D eigenvalue weighted by atomic mass is 35.5. The predicted octanol–water partition coefficient (Wildman–Crippen LogP) is 2.92. The summed E-state index contributed by atoms with van der Waals surface area (Å²) in [5.74, 6) is 0.711. The molecule has 1 aromatic heterocycles. The lowest BCUT2D eigenvalue weighted by atomic mass is 9.92. The minimum atomic E-state index is 0.203. The number of rotatable bonds is 1. The van der Waals surface area contributed by atoms with Gasteiger partial charge >= 0.3 is 0 Å². The molecule has 0 amide bonds. The lowest BCUT2D eigenvalue weighted by molar-refractivity contribution is 0.354. The van der Waals surface area contributed by atoms with Gasteiger partial charge in [-0.1, -0.05) is 20.8 Å². The van der Waals surface area contributed by atoms with E-state index in [1.807, 2.05) is 0 Å². The molecule has 3 heteroatoms. The molecule has 0 unspecified atom stereocenters. The van der Waals surface area contributed by atoms with Crippen LogP contribution < -0.4 is 0 Å². The monoisotopic (exact) mass is 173 g/mol. The first kappa shape index (κ1) is 8.60. The van der Waals surface area contributed by atoms with Gasteiger partial charge in [-0.2, -0.15) is 0 Å². The first-order chi connectivity index (χ1) is 4.97. The van der Waals surface area contributed by atoms with Crippen molar-refractivity contribution in [3.8, 4) is 0 Å². The van der Waals surface area contributed by atoms with Gasteiger partial charge in [-0.3, -0.25) is 0 Å². The maximum absolute atomic E-state index is 5.56. The van der Waals surface area contributed by atoms with Crippen LogP contribution in [-0.4, -0.2) is 4.98 Å². The number of hydrogen-bond acceptors (Lipinski definition) is 2. The fourth-order valence-corrected chi connectivity index (χ4v) is 0.961. The summed E-state index contributed by atoms with van der Waals surface area (Å²) in [6.45, 7) is 6.39.